The first-order chi connectivity index (χ1) is 16.7. The van der Waals surface area contributed by atoms with Gasteiger partial charge in [-0.3, -0.25) is 9.10 Å². The van der Waals surface area contributed by atoms with E-state index < -0.39 is 10.0 Å². The summed E-state index contributed by atoms with van der Waals surface area (Å²) in [6, 6.07) is 21.4. The molecule has 0 saturated carbocycles. The Kier molecular flexibility index (Phi) is 8.76. The molecule has 8 heteroatoms. The van der Waals surface area contributed by atoms with Crippen molar-refractivity contribution < 1.29 is 22.7 Å². The zero-order chi connectivity index (χ0) is 25.4. The van der Waals surface area contributed by atoms with Crippen LogP contribution >= 0.6 is 0 Å². The Balaban J connectivity index is 1.71. The number of nitrogens with one attached hydrogen (secondary N) is 1. The van der Waals surface area contributed by atoms with Gasteiger partial charge in [0.15, 0.2) is 0 Å². The molecule has 0 aliphatic rings. The van der Waals surface area contributed by atoms with Crippen LogP contribution in [-0.2, 0) is 16.6 Å². The standard InChI is InChI=1S/C27H32N2O5S/c1-5-26(21-11-15-24(33-3)16-12-21)28-27(30)22-9-7-20(8-10-22)19-29(35(4,31)32)23-13-17-25(18-14-23)34-6-2/h7-18,26H,5-6,19H2,1-4H3,(H,28,30). The molecule has 1 amide bonds. The number of hydrogen-bond acceptors (Lipinski definition) is 5. The van der Waals surface area contributed by atoms with E-state index >= 15 is 0 Å². The van der Waals surface area contributed by atoms with Crippen LogP contribution in [0.4, 0.5) is 5.69 Å². The first kappa shape index (κ1) is 26.1. The van der Waals surface area contributed by atoms with Gasteiger partial charge < -0.3 is 14.8 Å². The number of rotatable bonds is 11. The number of amides is 1. The summed E-state index contributed by atoms with van der Waals surface area (Å²) in [5.41, 5.74) is 2.82. The van der Waals surface area contributed by atoms with Crippen LogP contribution in [0.3, 0.4) is 0 Å². The highest BCUT2D eigenvalue weighted by Crippen LogP contribution is 2.24. The monoisotopic (exact) mass is 496 g/mol. The Morgan fingerprint density at radius 3 is 2.03 bits per heavy atom. The van der Waals surface area contributed by atoms with Gasteiger partial charge in [0, 0.05) is 5.56 Å². The fourth-order valence-electron chi connectivity index (χ4n) is 3.70. The average molecular weight is 497 g/mol. The Labute approximate surface area is 207 Å². The van der Waals surface area contributed by atoms with Crippen molar-refractivity contribution in [2.75, 3.05) is 24.3 Å². The van der Waals surface area contributed by atoms with Crippen molar-refractivity contribution in [2.45, 2.75) is 32.9 Å². The van der Waals surface area contributed by atoms with E-state index in [0.717, 1.165) is 23.3 Å². The maximum atomic E-state index is 12.9. The SMILES string of the molecule is CCOc1ccc(N(Cc2ccc(C(=O)NC(CC)c3ccc(OC)cc3)cc2)S(C)(=O)=O)cc1. The lowest BCUT2D eigenvalue weighted by Crippen LogP contribution is -2.29. The molecule has 0 heterocycles. The summed E-state index contributed by atoms with van der Waals surface area (Å²) >= 11 is 0. The van der Waals surface area contributed by atoms with Gasteiger partial charge in [-0.25, -0.2) is 8.42 Å². The zero-order valence-electron chi connectivity index (χ0n) is 20.5. The van der Waals surface area contributed by atoms with Gasteiger partial charge >= 0.3 is 0 Å². The molecular formula is C27H32N2O5S. The van der Waals surface area contributed by atoms with Gasteiger partial charge in [0.05, 0.1) is 38.2 Å². The highest BCUT2D eigenvalue weighted by atomic mass is 32.2. The molecular weight excluding hydrogens is 464 g/mol. The predicted molar refractivity (Wildman–Crippen MR) is 139 cm³/mol. The van der Waals surface area contributed by atoms with Crippen LogP contribution in [0, 0.1) is 0 Å². The molecule has 1 N–H and O–H groups in total. The highest BCUT2D eigenvalue weighted by Gasteiger charge is 2.19. The maximum absolute atomic E-state index is 12.9. The Bertz CT molecular complexity index is 1210. The largest absolute Gasteiger partial charge is 0.497 e. The third kappa shape index (κ3) is 6.99. The molecule has 0 aliphatic carbocycles. The van der Waals surface area contributed by atoms with E-state index in [-0.39, 0.29) is 18.5 Å². The summed E-state index contributed by atoms with van der Waals surface area (Å²) in [5.74, 6) is 1.25. The van der Waals surface area contributed by atoms with E-state index in [1.807, 2.05) is 38.1 Å². The van der Waals surface area contributed by atoms with Crippen LogP contribution in [0.5, 0.6) is 11.5 Å². The van der Waals surface area contributed by atoms with Gasteiger partial charge in [-0.1, -0.05) is 31.2 Å². The zero-order valence-corrected chi connectivity index (χ0v) is 21.3. The second-order valence-corrected chi connectivity index (χ2v) is 10.0. The number of carbonyl (C=O) groups is 1. The van der Waals surface area contributed by atoms with Crippen molar-refractivity contribution in [2.24, 2.45) is 0 Å². The second-order valence-electron chi connectivity index (χ2n) is 8.10. The number of anilines is 1. The fourth-order valence-corrected chi connectivity index (χ4v) is 4.59. The predicted octanol–water partition coefficient (Wildman–Crippen LogP) is 4.94. The molecule has 3 rings (SSSR count). The molecule has 35 heavy (non-hydrogen) atoms. The quantitative estimate of drug-likeness (QED) is 0.406. The van der Waals surface area contributed by atoms with Crippen LogP contribution < -0.4 is 19.1 Å². The summed E-state index contributed by atoms with van der Waals surface area (Å²) in [6.45, 7) is 4.59. The van der Waals surface area contributed by atoms with E-state index in [4.69, 9.17) is 9.47 Å². The number of methoxy groups -OCH3 is 1. The number of carbonyl (C=O) groups excluding carboxylic acids is 1. The molecule has 0 fully saturated rings. The summed E-state index contributed by atoms with van der Waals surface area (Å²) in [4.78, 5) is 12.9. The number of ether oxygens (including phenoxy) is 2. The Hall–Kier alpha value is -3.52. The lowest BCUT2D eigenvalue weighted by molar-refractivity contribution is 0.0935. The lowest BCUT2D eigenvalue weighted by Gasteiger charge is -2.23. The van der Waals surface area contributed by atoms with Crippen molar-refractivity contribution in [3.8, 4) is 11.5 Å². The van der Waals surface area contributed by atoms with E-state index in [2.05, 4.69) is 5.32 Å². The third-order valence-corrected chi connectivity index (χ3v) is 6.75. The number of nitrogens with zero attached hydrogens (tertiary/aromatic N) is 1. The van der Waals surface area contributed by atoms with Crippen LogP contribution in [-0.4, -0.2) is 34.3 Å². The molecule has 1 unspecified atom stereocenters. The first-order valence-electron chi connectivity index (χ1n) is 11.5. The highest BCUT2D eigenvalue weighted by molar-refractivity contribution is 7.92. The third-order valence-electron chi connectivity index (χ3n) is 5.61. The summed E-state index contributed by atoms with van der Waals surface area (Å²) in [5, 5.41) is 3.06. The molecule has 0 saturated heterocycles. The Morgan fingerprint density at radius 2 is 1.51 bits per heavy atom. The molecule has 1 atom stereocenters. The molecule has 0 aromatic heterocycles. The van der Waals surface area contributed by atoms with E-state index in [0.29, 0.717) is 23.6 Å². The number of sulfonamides is 1. The fraction of sp³-hybridized carbons (Fsp3) is 0.296. The topological polar surface area (TPSA) is 84.9 Å². The van der Waals surface area contributed by atoms with Gasteiger partial charge in [0.25, 0.3) is 5.91 Å². The van der Waals surface area contributed by atoms with E-state index in [1.165, 1.54) is 10.6 Å². The van der Waals surface area contributed by atoms with Gasteiger partial charge in [-0.2, -0.15) is 0 Å². The van der Waals surface area contributed by atoms with Crippen LogP contribution in [0.25, 0.3) is 0 Å². The van der Waals surface area contributed by atoms with Crippen molar-refractivity contribution in [3.63, 3.8) is 0 Å². The van der Waals surface area contributed by atoms with E-state index in [1.54, 1.807) is 55.6 Å². The normalized spacial score (nSPS) is 12.0. The summed E-state index contributed by atoms with van der Waals surface area (Å²) in [7, 11) is -1.90. The van der Waals surface area contributed by atoms with Crippen molar-refractivity contribution in [1.82, 2.24) is 5.32 Å². The van der Waals surface area contributed by atoms with Crippen LogP contribution in [0.15, 0.2) is 72.8 Å². The minimum atomic E-state index is -3.52. The maximum Gasteiger partial charge on any atom is 0.251 e. The molecule has 3 aromatic carbocycles. The van der Waals surface area contributed by atoms with Crippen molar-refractivity contribution >= 4 is 21.6 Å². The van der Waals surface area contributed by atoms with Gasteiger partial charge in [0.1, 0.15) is 11.5 Å². The number of benzene rings is 3. The van der Waals surface area contributed by atoms with Crippen molar-refractivity contribution in [1.29, 1.82) is 0 Å². The smallest absolute Gasteiger partial charge is 0.251 e. The molecule has 3 aromatic rings. The minimum Gasteiger partial charge on any atom is -0.497 e. The van der Waals surface area contributed by atoms with E-state index in [9.17, 15) is 13.2 Å². The number of hydrogen-bond donors (Lipinski definition) is 1. The van der Waals surface area contributed by atoms with Crippen LogP contribution in [0.1, 0.15) is 47.8 Å². The average Bonchev–Trinajstić information content (AvgIpc) is 2.86. The summed E-state index contributed by atoms with van der Waals surface area (Å²) < 4.78 is 36.9. The molecule has 0 bridgehead atoms. The molecule has 7 nitrogen and oxygen atoms in total. The van der Waals surface area contributed by atoms with Crippen molar-refractivity contribution in [3.05, 3.63) is 89.5 Å². The molecule has 0 aliphatic heterocycles. The molecule has 186 valence electrons. The first-order valence-corrected chi connectivity index (χ1v) is 13.3. The van der Waals surface area contributed by atoms with Gasteiger partial charge in [0.2, 0.25) is 10.0 Å². The van der Waals surface area contributed by atoms with Gasteiger partial charge in [-0.15, -0.1) is 0 Å². The van der Waals surface area contributed by atoms with Gasteiger partial charge in [-0.05, 0) is 73.0 Å². The van der Waals surface area contributed by atoms with Crippen LogP contribution in [0.2, 0.25) is 0 Å². The second kappa shape index (κ2) is 11.8. The lowest BCUT2D eigenvalue weighted by atomic mass is 10.0. The summed E-state index contributed by atoms with van der Waals surface area (Å²) in [6.07, 6.45) is 1.91. The Morgan fingerprint density at radius 1 is 0.914 bits per heavy atom. The minimum absolute atomic E-state index is 0.131. The molecule has 0 radical (unpaired) electrons. The molecule has 0 spiro atoms.